The van der Waals surface area contributed by atoms with Crippen LogP contribution in [0.4, 0.5) is 0 Å². The number of hydrogen-bond donors (Lipinski definition) is 2. The summed E-state index contributed by atoms with van der Waals surface area (Å²) in [5.41, 5.74) is 1.79. The number of benzene rings is 3. The Morgan fingerprint density at radius 3 is 2.29 bits per heavy atom. The summed E-state index contributed by atoms with van der Waals surface area (Å²) in [6, 6.07) is 21.6. The molecule has 1 aromatic heterocycles. The molecule has 3 aromatic carbocycles. The van der Waals surface area contributed by atoms with E-state index < -0.39 is 16.1 Å². The van der Waals surface area contributed by atoms with Gasteiger partial charge in [-0.15, -0.1) is 0 Å². The molecule has 9 nitrogen and oxygen atoms in total. The maximum atomic E-state index is 13.8. The first-order valence-electron chi connectivity index (χ1n) is 13.5. The molecule has 0 unspecified atom stereocenters. The highest BCUT2D eigenvalue weighted by Gasteiger charge is 2.32. The molecular formula is C31H32N4O5S. The van der Waals surface area contributed by atoms with Crippen LogP contribution in [0.2, 0.25) is 0 Å². The molecule has 5 rings (SSSR count). The van der Waals surface area contributed by atoms with Crippen LogP contribution in [0.5, 0.6) is 5.75 Å². The van der Waals surface area contributed by atoms with Gasteiger partial charge in [0.05, 0.1) is 4.90 Å². The first-order valence-corrected chi connectivity index (χ1v) is 15.0. The molecule has 0 spiro atoms. The molecule has 0 radical (unpaired) electrons. The van der Waals surface area contributed by atoms with Crippen molar-refractivity contribution in [2.45, 2.75) is 30.2 Å². The lowest BCUT2D eigenvalue weighted by molar-refractivity contribution is -0.140. The zero-order chi connectivity index (χ0) is 28.8. The number of carbonyl (C=O) groups is 2. The molecule has 4 aromatic rings. The predicted molar refractivity (Wildman–Crippen MR) is 156 cm³/mol. The zero-order valence-corrected chi connectivity index (χ0v) is 23.3. The number of carbonyl (C=O) groups excluding carboxylic acids is 2. The Hall–Kier alpha value is -4.28. The average Bonchev–Trinajstić information content (AvgIpc) is 3.00. The second-order valence-corrected chi connectivity index (χ2v) is 11.8. The highest BCUT2D eigenvalue weighted by atomic mass is 32.2. The van der Waals surface area contributed by atoms with E-state index in [4.69, 9.17) is 0 Å². The molecule has 2 amide bonds. The van der Waals surface area contributed by atoms with E-state index in [1.165, 1.54) is 24.4 Å². The SMILES string of the molecule is O=C(CCc1ccccc1)N1CCN(C(=O)[C@H](Cc2ccc(O)cc2)NS(=O)(=O)c2cccc3cnccc23)CC1. The predicted octanol–water partition coefficient (Wildman–Crippen LogP) is 3.13. The molecule has 0 aliphatic carbocycles. The van der Waals surface area contributed by atoms with Crippen LogP contribution in [0.3, 0.4) is 0 Å². The van der Waals surface area contributed by atoms with E-state index in [0.29, 0.717) is 55.4 Å². The van der Waals surface area contributed by atoms with Crippen molar-refractivity contribution in [1.29, 1.82) is 0 Å². The number of aryl methyl sites for hydroxylation is 1. The van der Waals surface area contributed by atoms with Gasteiger partial charge in [-0.3, -0.25) is 14.6 Å². The maximum Gasteiger partial charge on any atom is 0.241 e. The third-order valence-corrected chi connectivity index (χ3v) is 8.85. The van der Waals surface area contributed by atoms with E-state index in [2.05, 4.69) is 9.71 Å². The molecule has 1 atom stereocenters. The number of pyridine rings is 1. The number of phenolic OH excluding ortho intramolecular Hbond substituents is 1. The van der Waals surface area contributed by atoms with Gasteiger partial charge in [-0.25, -0.2) is 8.42 Å². The summed E-state index contributed by atoms with van der Waals surface area (Å²) in [4.78, 5) is 34.1. The van der Waals surface area contributed by atoms with Gasteiger partial charge in [0.15, 0.2) is 0 Å². The van der Waals surface area contributed by atoms with E-state index in [-0.39, 0.29) is 28.9 Å². The summed E-state index contributed by atoms with van der Waals surface area (Å²) in [7, 11) is -4.10. The van der Waals surface area contributed by atoms with E-state index in [1.54, 1.807) is 46.3 Å². The number of piperazine rings is 1. The molecule has 41 heavy (non-hydrogen) atoms. The molecule has 1 fully saturated rings. The minimum atomic E-state index is -4.10. The Kier molecular flexibility index (Phi) is 8.61. The number of hydrogen-bond acceptors (Lipinski definition) is 6. The van der Waals surface area contributed by atoms with Gasteiger partial charge in [-0.1, -0.05) is 54.6 Å². The molecule has 2 heterocycles. The summed E-state index contributed by atoms with van der Waals surface area (Å²) in [5, 5.41) is 10.9. The lowest BCUT2D eigenvalue weighted by Crippen LogP contribution is -2.56. The van der Waals surface area contributed by atoms with Crippen LogP contribution in [-0.2, 0) is 32.5 Å². The smallest absolute Gasteiger partial charge is 0.241 e. The summed E-state index contributed by atoms with van der Waals surface area (Å²) >= 11 is 0. The van der Waals surface area contributed by atoms with Gasteiger partial charge in [0.2, 0.25) is 21.8 Å². The Morgan fingerprint density at radius 2 is 1.56 bits per heavy atom. The number of amides is 2. The number of nitrogens with one attached hydrogen (secondary N) is 1. The van der Waals surface area contributed by atoms with Gasteiger partial charge in [-0.2, -0.15) is 4.72 Å². The summed E-state index contributed by atoms with van der Waals surface area (Å²) in [5.74, 6) is -0.248. The topological polar surface area (TPSA) is 120 Å². The normalized spacial score (nSPS) is 14.6. The van der Waals surface area contributed by atoms with Crippen LogP contribution in [0.1, 0.15) is 17.5 Å². The molecule has 1 aliphatic heterocycles. The third kappa shape index (κ3) is 6.90. The fraction of sp³-hybridized carbons (Fsp3) is 0.258. The lowest BCUT2D eigenvalue weighted by Gasteiger charge is -2.36. The fourth-order valence-corrected chi connectivity index (χ4v) is 6.49. The molecule has 212 valence electrons. The Labute approximate surface area is 239 Å². The lowest BCUT2D eigenvalue weighted by atomic mass is 10.0. The van der Waals surface area contributed by atoms with Crippen molar-refractivity contribution in [3.63, 3.8) is 0 Å². The number of nitrogens with zero attached hydrogens (tertiary/aromatic N) is 3. The molecule has 1 saturated heterocycles. The van der Waals surface area contributed by atoms with Crippen LogP contribution >= 0.6 is 0 Å². The Bertz CT molecular complexity index is 1610. The Balaban J connectivity index is 1.30. The first-order chi connectivity index (χ1) is 19.8. The van der Waals surface area contributed by atoms with Crippen molar-refractivity contribution in [3.05, 3.63) is 102 Å². The number of aromatic nitrogens is 1. The number of sulfonamides is 1. The Morgan fingerprint density at radius 1 is 0.854 bits per heavy atom. The van der Waals surface area contributed by atoms with Gasteiger partial charge in [0, 0.05) is 55.8 Å². The number of fused-ring (bicyclic) bond motifs is 1. The molecular weight excluding hydrogens is 540 g/mol. The third-order valence-electron chi connectivity index (χ3n) is 7.32. The van der Waals surface area contributed by atoms with Gasteiger partial charge >= 0.3 is 0 Å². The van der Waals surface area contributed by atoms with Crippen LogP contribution < -0.4 is 4.72 Å². The second-order valence-electron chi connectivity index (χ2n) is 10.1. The maximum absolute atomic E-state index is 13.8. The van der Waals surface area contributed by atoms with Gasteiger partial charge in [0.25, 0.3) is 0 Å². The minimum Gasteiger partial charge on any atom is -0.508 e. The molecule has 0 saturated carbocycles. The van der Waals surface area contributed by atoms with E-state index >= 15 is 0 Å². The van der Waals surface area contributed by atoms with E-state index in [1.807, 2.05) is 30.3 Å². The van der Waals surface area contributed by atoms with E-state index in [9.17, 15) is 23.1 Å². The molecule has 0 bridgehead atoms. The second kappa shape index (κ2) is 12.5. The van der Waals surface area contributed by atoms with Crippen molar-refractivity contribution >= 4 is 32.6 Å². The fourth-order valence-electron chi connectivity index (χ4n) is 5.08. The largest absolute Gasteiger partial charge is 0.508 e. The molecule has 2 N–H and O–H groups in total. The van der Waals surface area contributed by atoms with Crippen molar-refractivity contribution in [3.8, 4) is 5.75 Å². The van der Waals surface area contributed by atoms with Crippen molar-refractivity contribution in [2.75, 3.05) is 26.2 Å². The summed E-state index contributed by atoms with van der Waals surface area (Å²) < 4.78 is 29.9. The summed E-state index contributed by atoms with van der Waals surface area (Å²) in [6.45, 7) is 1.38. The van der Waals surface area contributed by atoms with Gasteiger partial charge in [0.1, 0.15) is 11.8 Å². The zero-order valence-electron chi connectivity index (χ0n) is 22.5. The quantitative estimate of drug-likeness (QED) is 0.318. The van der Waals surface area contributed by atoms with Gasteiger partial charge < -0.3 is 14.9 Å². The average molecular weight is 573 g/mol. The minimum absolute atomic E-state index is 0.0349. The number of phenols is 1. The molecule has 1 aliphatic rings. The number of rotatable bonds is 9. The van der Waals surface area contributed by atoms with Crippen LogP contribution in [-0.4, -0.2) is 72.3 Å². The first kappa shape index (κ1) is 28.3. The number of aromatic hydroxyl groups is 1. The van der Waals surface area contributed by atoms with Gasteiger partial charge in [-0.05, 0) is 48.2 Å². The van der Waals surface area contributed by atoms with Crippen molar-refractivity contribution in [1.82, 2.24) is 19.5 Å². The molecule has 10 heteroatoms. The van der Waals surface area contributed by atoms with Crippen molar-refractivity contribution in [2.24, 2.45) is 0 Å². The highest BCUT2D eigenvalue weighted by Crippen LogP contribution is 2.23. The van der Waals surface area contributed by atoms with Crippen LogP contribution in [0, 0.1) is 0 Å². The van der Waals surface area contributed by atoms with Crippen molar-refractivity contribution < 1.29 is 23.1 Å². The van der Waals surface area contributed by atoms with Crippen LogP contribution in [0.25, 0.3) is 10.8 Å². The van der Waals surface area contributed by atoms with Crippen LogP contribution in [0.15, 0.2) is 96.2 Å². The monoisotopic (exact) mass is 572 g/mol. The standard InChI is InChI=1S/C31H32N4O5S/c36-26-12-9-24(10-13-26)21-28(33-41(39,40)29-8-4-7-25-22-32-16-15-27(25)29)31(38)35-19-17-34(18-20-35)30(37)14-11-23-5-2-1-3-6-23/h1-10,12-13,15-16,22,28,33,36H,11,14,17-21H2/t28-/m0/s1. The van der Waals surface area contributed by atoms with E-state index in [0.717, 1.165) is 5.56 Å². The summed E-state index contributed by atoms with van der Waals surface area (Å²) in [6.07, 6.45) is 4.26. The highest BCUT2D eigenvalue weighted by molar-refractivity contribution is 7.89.